The molecule has 34 heavy (non-hydrogen) atoms. The lowest BCUT2D eigenvalue weighted by Gasteiger charge is -2.29. The number of aryl methyl sites for hydroxylation is 1. The predicted molar refractivity (Wildman–Crippen MR) is 133 cm³/mol. The van der Waals surface area contributed by atoms with E-state index in [1.807, 2.05) is 29.7 Å². The van der Waals surface area contributed by atoms with Crippen LogP contribution in [0.1, 0.15) is 29.7 Å². The standard InChI is InChI=1S/C26H30ClFN2O4/c1-3-17-13-24-22(25(32)4-5-30(24)21(15-31)16-33-2)12-18(17)10-19-11-20(14-23(27)26(19)28)29-6-8-34-9-7-29/h4-5,11-14,21,31H,3,6-10,15-16H2,1-2H3. The van der Waals surface area contributed by atoms with Gasteiger partial charge in [-0.15, -0.1) is 0 Å². The quantitative estimate of drug-likeness (QED) is 0.520. The molecule has 8 heteroatoms. The number of anilines is 1. The molecule has 0 bridgehead atoms. The van der Waals surface area contributed by atoms with Gasteiger partial charge in [0.1, 0.15) is 5.82 Å². The number of morpholine rings is 1. The smallest absolute Gasteiger partial charge is 0.189 e. The lowest BCUT2D eigenvalue weighted by molar-refractivity contribution is 0.116. The molecule has 1 aromatic heterocycles. The van der Waals surface area contributed by atoms with Crippen molar-refractivity contribution < 1.29 is 19.0 Å². The molecule has 1 atom stereocenters. The fourth-order valence-electron chi connectivity index (χ4n) is 4.60. The normalized spacial score (nSPS) is 15.1. The van der Waals surface area contributed by atoms with E-state index in [1.165, 1.54) is 6.07 Å². The summed E-state index contributed by atoms with van der Waals surface area (Å²) >= 11 is 6.28. The van der Waals surface area contributed by atoms with Crippen molar-refractivity contribution in [2.45, 2.75) is 25.8 Å². The van der Waals surface area contributed by atoms with E-state index in [1.54, 1.807) is 19.4 Å². The minimum absolute atomic E-state index is 0.0885. The molecule has 1 unspecified atom stereocenters. The van der Waals surface area contributed by atoms with Gasteiger partial charge in [0.05, 0.1) is 43.0 Å². The molecular weight excluding hydrogens is 459 g/mol. The van der Waals surface area contributed by atoms with Crippen LogP contribution in [-0.4, -0.2) is 56.3 Å². The number of methoxy groups -OCH3 is 1. The summed E-state index contributed by atoms with van der Waals surface area (Å²) in [7, 11) is 1.58. The molecule has 4 rings (SSSR count). The molecule has 182 valence electrons. The van der Waals surface area contributed by atoms with E-state index in [2.05, 4.69) is 4.90 Å². The van der Waals surface area contributed by atoms with Crippen molar-refractivity contribution in [1.29, 1.82) is 0 Å². The average molecular weight is 489 g/mol. The van der Waals surface area contributed by atoms with Crippen LogP contribution < -0.4 is 10.3 Å². The van der Waals surface area contributed by atoms with Gasteiger partial charge in [-0.3, -0.25) is 4.79 Å². The lowest BCUT2D eigenvalue weighted by Crippen LogP contribution is -2.36. The van der Waals surface area contributed by atoms with Crippen LogP contribution in [0.15, 0.2) is 41.3 Å². The Bertz CT molecular complexity index is 1220. The summed E-state index contributed by atoms with van der Waals surface area (Å²) < 4.78 is 27.6. The number of hydrogen-bond donors (Lipinski definition) is 1. The Hall–Kier alpha value is -2.45. The Morgan fingerprint density at radius 2 is 1.94 bits per heavy atom. The summed E-state index contributed by atoms with van der Waals surface area (Å²) in [6.45, 7) is 4.93. The van der Waals surface area contributed by atoms with Crippen LogP contribution in [0.25, 0.3) is 10.9 Å². The van der Waals surface area contributed by atoms with Crippen molar-refractivity contribution in [3.05, 3.63) is 74.3 Å². The summed E-state index contributed by atoms with van der Waals surface area (Å²) in [6.07, 6.45) is 2.72. The van der Waals surface area contributed by atoms with Crippen LogP contribution in [0, 0.1) is 5.82 Å². The molecule has 0 radical (unpaired) electrons. The first-order valence-electron chi connectivity index (χ1n) is 11.5. The molecular formula is C26H30ClFN2O4. The molecule has 0 saturated carbocycles. The minimum atomic E-state index is -0.438. The molecule has 3 aromatic rings. The number of pyridine rings is 1. The number of ether oxygens (including phenoxy) is 2. The number of aromatic nitrogens is 1. The summed E-state index contributed by atoms with van der Waals surface area (Å²) in [4.78, 5) is 14.9. The molecule has 1 fully saturated rings. The van der Waals surface area contributed by atoms with Crippen molar-refractivity contribution >= 4 is 28.2 Å². The van der Waals surface area contributed by atoms with Gasteiger partial charge in [0, 0.05) is 50.0 Å². The first-order valence-corrected chi connectivity index (χ1v) is 11.9. The molecule has 1 aliphatic heterocycles. The predicted octanol–water partition coefficient (Wildman–Crippen LogP) is 3.96. The van der Waals surface area contributed by atoms with Crippen LogP contribution in [0.2, 0.25) is 5.02 Å². The van der Waals surface area contributed by atoms with E-state index in [-0.39, 0.29) is 23.1 Å². The molecule has 1 aliphatic rings. The number of benzene rings is 2. The van der Waals surface area contributed by atoms with E-state index < -0.39 is 5.82 Å². The van der Waals surface area contributed by atoms with Crippen LogP contribution in [-0.2, 0) is 22.3 Å². The van der Waals surface area contributed by atoms with E-state index in [9.17, 15) is 9.90 Å². The number of rotatable bonds is 8. The average Bonchev–Trinajstić information content (AvgIpc) is 2.86. The third-order valence-electron chi connectivity index (χ3n) is 6.44. The molecule has 2 aromatic carbocycles. The highest BCUT2D eigenvalue weighted by Gasteiger charge is 2.19. The summed E-state index contributed by atoms with van der Waals surface area (Å²) in [6, 6.07) is 8.51. The molecule has 2 heterocycles. The number of aliphatic hydroxyl groups excluding tert-OH is 1. The van der Waals surface area contributed by atoms with Gasteiger partial charge in [0.2, 0.25) is 0 Å². The molecule has 0 amide bonds. The summed E-state index contributed by atoms with van der Waals surface area (Å²) in [5.74, 6) is -0.438. The SMILES string of the molecule is CCc1cc2c(cc1Cc1cc(N3CCOCC3)cc(Cl)c1F)c(=O)ccn2C(CO)COC. The molecule has 0 aliphatic carbocycles. The highest BCUT2D eigenvalue weighted by atomic mass is 35.5. The Balaban J connectivity index is 1.79. The van der Waals surface area contributed by atoms with Crippen molar-refractivity contribution in [3.63, 3.8) is 0 Å². The van der Waals surface area contributed by atoms with E-state index >= 15 is 4.39 Å². The minimum Gasteiger partial charge on any atom is -0.394 e. The number of fused-ring (bicyclic) bond motifs is 1. The second-order valence-corrected chi connectivity index (χ2v) is 8.95. The third kappa shape index (κ3) is 4.98. The Morgan fingerprint density at radius 1 is 1.18 bits per heavy atom. The monoisotopic (exact) mass is 488 g/mol. The van der Waals surface area contributed by atoms with Gasteiger partial charge in [-0.05, 0) is 47.4 Å². The maximum absolute atomic E-state index is 15.1. The third-order valence-corrected chi connectivity index (χ3v) is 6.71. The van der Waals surface area contributed by atoms with E-state index in [0.717, 1.165) is 35.4 Å². The largest absolute Gasteiger partial charge is 0.394 e. The van der Waals surface area contributed by atoms with Crippen LogP contribution in [0.4, 0.5) is 10.1 Å². The molecule has 0 spiro atoms. The fourth-order valence-corrected chi connectivity index (χ4v) is 4.83. The van der Waals surface area contributed by atoms with Crippen LogP contribution >= 0.6 is 11.6 Å². The number of aliphatic hydroxyl groups is 1. The zero-order chi connectivity index (χ0) is 24.2. The lowest BCUT2D eigenvalue weighted by atomic mass is 9.95. The summed E-state index contributed by atoms with van der Waals surface area (Å²) in [5, 5.41) is 10.5. The maximum atomic E-state index is 15.1. The Morgan fingerprint density at radius 3 is 2.62 bits per heavy atom. The number of nitrogens with zero attached hydrogens (tertiary/aromatic N) is 2. The van der Waals surface area contributed by atoms with Crippen molar-refractivity contribution in [2.75, 3.05) is 51.5 Å². The molecule has 6 nitrogen and oxygen atoms in total. The summed E-state index contributed by atoms with van der Waals surface area (Å²) in [5.41, 5.74) is 3.86. The maximum Gasteiger partial charge on any atom is 0.189 e. The zero-order valence-corrected chi connectivity index (χ0v) is 20.3. The molecule has 1 N–H and O–H groups in total. The van der Waals surface area contributed by atoms with E-state index in [0.29, 0.717) is 43.6 Å². The van der Waals surface area contributed by atoms with Gasteiger partial charge in [0.15, 0.2) is 5.43 Å². The van der Waals surface area contributed by atoms with Gasteiger partial charge in [-0.1, -0.05) is 18.5 Å². The highest BCUT2D eigenvalue weighted by Crippen LogP contribution is 2.30. The van der Waals surface area contributed by atoms with Crippen LogP contribution in [0.5, 0.6) is 0 Å². The first kappa shape index (κ1) is 24.7. The highest BCUT2D eigenvalue weighted by molar-refractivity contribution is 6.31. The van der Waals surface area contributed by atoms with Crippen molar-refractivity contribution in [1.82, 2.24) is 4.57 Å². The zero-order valence-electron chi connectivity index (χ0n) is 19.5. The van der Waals surface area contributed by atoms with Gasteiger partial charge in [-0.25, -0.2) is 4.39 Å². The molecule has 1 saturated heterocycles. The van der Waals surface area contributed by atoms with Gasteiger partial charge in [-0.2, -0.15) is 0 Å². The van der Waals surface area contributed by atoms with Gasteiger partial charge < -0.3 is 24.0 Å². The Kier molecular flexibility index (Phi) is 7.88. The number of hydrogen-bond acceptors (Lipinski definition) is 5. The fraction of sp³-hybridized carbons (Fsp3) is 0.423. The first-order chi connectivity index (χ1) is 16.5. The number of halogens is 2. The second-order valence-electron chi connectivity index (χ2n) is 8.55. The van der Waals surface area contributed by atoms with Crippen molar-refractivity contribution in [2.24, 2.45) is 0 Å². The van der Waals surface area contributed by atoms with Gasteiger partial charge >= 0.3 is 0 Å². The Labute approximate surface area is 203 Å². The van der Waals surface area contributed by atoms with Crippen molar-refractivity contribution in [3.8, 4) is 0 Å². The topological polar surface area (TPSA) is 63.9 Å². The van der Waals surface area contributed by atoms with Gasteiger partial charge in [0.25, 0.3) is 0 Å². The second kappa shape index (κ2) is 10.9. The van der Waals surface area contributed by atoms with Crippen LogP contribution in [0.3, 0.4) is 0 Å². The van der Waals surface area contributed by atoms with E-state index in [4.69, 9.17) is 21.1 Å².